The molecule has 0 spiro atoms. The molecule has 0 saturated carbocycles. The van der Waals surface area contributed by atoms with Gasteiger partial charge in [0.15, 0.2) is 5.70 Å². The number of aryl methyl sites for hydroxylation is 1. The zero-order valence-corrected chi connectivity index (χ0v) is 14.3. The van der Waals surface area contributed by atoms with Crippen LogP contribution in [0.3, 0.4) is 0 Å². The number of aliphatic imine (C=N–C) groups is 1. The minimum Gasteiger partial charge on any atom is -0.465 e. The van der Waals surface area contributed by atoms with Crippen LogP contribution in [0.2, 0.25) is 0 Å². The Morgan fingerprint density at radius 3 is 2.65 bits per heavy atom. The zero-order valence-electron chi connectivity index (χ0n) is 14.3. The molecule has 2 aromatic rings. The van der Waals surface area contributed by atoms with E-state index in [1.807, 2.05) is 46.8 Å². The third-order valence-corrected chi connectivity index (χ3v) is 4.68. The molecule has 2 aliphatic heterocycles. The highest BCUT2D eigenvalue weighted by molar-refractivity contribution is 6.12. The van der Waals surface area contributed by atoms with Crippen molar-refractivity contribution in [2.45, 2.75) is 0 Å². The maximum Gasteiger partial charge on any atom is 0.407 e. The summed E-state index contributed by atoms with van der Waals surface area (Å²) in [5.41, 5.74) is 2.00. The Balaban J connectivity index is 1.57. The molecule has 8 nitrogen and oxygen atoms in total. The third-order valence-electron chi connectivity index (χ3n) is 4.68. The number of rotatable bonds is 2. The molecule has 0 unspecified atom stereocenters. The fourth-order valence-electron chi connectivity index (χ4n) is 3.22. The van der Waals surface area contributed by atoms with Crippen molar-refractivity contribution in [2.75, 3.05) is 26.2 Å². The number of cyclic esters (lactones) is 1. The van der Waals surface area contributed by atoms with Crippen LogP contribution in [0.25, 0.3) is 10.9 Å². The quantitative estimate of drug-likeness (QED) is 0.654. The monoisotopic (exact) mass is 354 g/mol. The van der Waals surface area contributed by atoms with E-state index in [2.05, 4.69) is 4.99 Å². The maximum absolute atomic E-state index is 12.2. The molecule has 134 valence electrons. The van der Waals surface area contributed by atoms with Crippen LogP contribution in [0.4, 0.5) is 4.79 Å². The summed E-state index contributed by atoms with van der Waals surface area (Å²) in [5, 5.41) is 10.0. The van der Waals surface area contributed by atoms with E-state index in [9.17, 15) is 9.59 Å². The van der Waals surface area contributed by atoms with Crippen LogP contribution in [0, 0.1) is 0 Å². The molecule has 26 heavy (non-hydrogen) atoms. The minimum atomic E-state index is -0.923. The summed E-state index contributed by atoms with van der Waals surface area (Å²) < 4.78 is 7.30. The summed E-state index contributed by atoms with van der Waals surface area (Å²) in [6.07, 6.45) is 0.727. The molecule has 3 heterocycles. The summed E-state index contributed by atoms with van der Waals surface area (Å²) in [6.45, 7) is 1.83. The predicted octanol–water partition coefficient (Wildman–Crippen LogP) is 1.62. The summed E-state index contributed by atoms with van der Waals surface area (Å²) >= 11 is 0. The van der Waals surface area contributed by atoms with Crippen molar-refractivity contribution in [3.63, 3.8) is 0 Å². The molecule has 0 atom stereocenters. The Kier molecular flexibility index (Phi) is 3.87. The number of carbonyl (C=O) groups excluding carboxylic acids is 1. The number of esters is 1. The molecule has 8 heteroatoms. The van der Waals surface area contributed by atoms with Crippen LogP contribution in [-0.2, 0) is 16.6 Å². The van der Waals surface area contributed by atoms with E-state index in [1.165, 1.54) is 4.90 Å². The number of piperazine rings is 1. The number of ether oxygens (including phenoxy) is 1. The van der Waals surface area contributed by atoms with Gasteiger partial charge in [0, 0.05) is 50.3 Å². The first-order chi connectivity index (χ1) is 12.5. The largest absolute Gasteiger partial charge is 0.465 e. The fraction of sp³-hybridized carbons (Fsp3) is 0.278. The van der Waals surface area contributed by atoms with Crippen LogP contribution >= 0.6 is 0 Å². The lowest BCUT2D eigenvalue weighted by Crippen LogP contribution is -2.46. The summed E-state index contributed by atoms with van der Waals surface area (Å²) in [7, 11) is 1.90. The van der Waals surface area contributed by atoms with Gasteiger partial charge in [-0.05, 0) is 12.1 Å². The molecule has 4 rings (SSSR count). The lowest BCUT2D eigenvalue weighted by atomic mass is 10.2. The van der Waals surface area contributed by atoms with E-state index in [4.69, 9.17) is 9.84 Å². The molecule has 1 fully saturated rings. The van der Waals surface area contributed by atoms with Gasteiger partial charge in [-0.25, -0.2) is 14.6 Å². The number of carbonyl (C=O) groups is 2. The van der Waals surface area contributed by atoms with Crippen molar-refractivity contribution in [3.8, 4) is 0 Å². The van der Waals surface area contributed by atoms with Gasteiger partial charge in [0.25, 0.3) is 0 Å². The Hall–Kier alpha value is -3.29. The standard InChI is InChI=1S/C18H18N4O4/c1-20-14-5-3-2-4-12(14)10-15(20)16-19-13(17(23)26-16)11-21-6-8-22(9-7-21)18(24)25/h2-5,10-11H,6-9H2,1H3,(H,24,25)/b13-11+. The normalized spacial score (nSPS) is 19.2. The summed E-state index contributed by atoms with van der Waals surface area (Å²) in [5.74, 6) is -0.213. The van der Waals surface area contributed by atoms with Gasteiger partial charge in [-0.15, -0.1) is 0 Å². The Bertz CT molecular complexity index is 951. The molecular weight excluding hydrogens is 336 g/mol. The van der Waals surface area contributed by atoms with Crippen molar-refractivity contribution in [2.24, 2.45) is 12.0 Å². The SMILES string of the molecule is Cn1c(C2=N/C(=C/N3CCN(C(=O)O)CC3)C(=O)O2)cc2ccccc21. The molecule has 1 aromatic heterocycles. The second kappa shape index (κ2) is 6.21. The molecule has 0 aliphatic carbocycles. The highest BCUT2D eigenvalue weighted by atomic mass is 16.6. The molecule has 2 aliphatic rings. The molecule has 1 amide bonds. The first-order valence-electron chi connectivity index (χ1n) is 8.32. The van der Waals surface area contributed by atoms with Crippen LogP contribution in [0.1, 0.15) is 5.69 Å². The Labute approximate surface area is 149 Å². The lowest BCUT2D eigenvalue weighted by molar-refractivity contribution is -0.130. The number of fused-ring (bicyclic) bond motifs is 1. The summed E-state index contributed by atoms with van der Waals surface area (Å²) in [6, 6.07) is 9.84. The van der Waals surface area contributed by atoms with Crippen LogP contribution in [0.5, 0.6) is 0 Å². The average Bonchev–Trinajstić information content (AvgIpc) is 3.16. The zero-order chi connectivity index (χ0) is 18.3. The number of benzene rings is 1. The van der Waals surface area contributed by atoms with Gasteiger partial charge in [-0.2, -0.15) is 0 Å². The topological polar surface area (TPSA) is 87.4 Å². The van der Waals surface area contributed by atoms with Crippen LogP contribution < -0.4 is 0 Å². The number of aromatic nitrogens is 1. The number of carboxylic acid groups (broad SMARTS) is 1. The van der Waals surface area contributed by atoms with Crippen LogP contribution in [-0.4, -0.2) is 63.6 Å². The predicted molar refractivity (Wildman–Crippen MR) is 94.8 cm³/mol. The van der Waals surface area contributed by atoms with E-state index in [0.717, 1.165) is 16.6 Å². The first-order valence-corrected chi connectivity index (χ1v) is 8.32. The van der Waals surface area contributed by atoms with E-state index in [0.29, 0.717) is 26.2 Å². The van der Waals surface area contributed by atoms with E-state index >= 15 is 0 Å². The fourth-order valence-corrected chi connectivity index (χ4v) is 3.22. The lowest BCUT2D eigenvalue weighted by Gasteiger charge is -2.32. The smallest absolute Gasteiger partial charge is 0.407 e. The maximum atomic E-state index is 12.2. The van der Waals surface area contributed by atoms with Gasteiger partial charge >= 0.3 is 12.1 Å². The highest BCUT2D eigenvalue weighted by Crippen LogP contribution is 2.23. The van der Waals surface area contributed by atoms with E-state index < -0.39 is 12.1 Å². The molecule has 0 bridgehead atoms. The van der Waals surface area contributed by atoms with E-state index in [1.54, 1.807) is 6.20 Å². The molecular formula is C18H18N4O4. The minimum absolute atomic E-state index is 0.231. The van der Waals surface area contributed by atoms with Gasteiger partial charge in [0.05, 0.1) is 0 Å². The molecule has 1 N–H and O–H groups in total. The Morgan fingerprint density at radius 2 is 1.96 bits per heavy atom. The van der Waals surface area contributed by atoms with Crippen LogP contribution in [0.15, 0.2) is 47.2 Å². The van der Waals surface area contributed by atoms with Gasteiger partial charge in [-0.3, -0.25) is 0 Å². The number of para-hydroxylation sites is 1. The molecule has 1 aromatic carbocycles. The van der Waals surface area contributed by atoms with E-state index in [-0.39, 0.29) is 11.6 Å². The average molecular weight is 354 g/mol. The summed E-state index contributed by atoms with van der Waals surface area (Å²) in [4.78, 5) is 30.7. The third kappa shape index (κ3) is 2.79. The van der Waals surface area contributed by atoms with Crippen molar-refractivity contribution in [1.82, 2.24) is 14.4 Å². The van der Waals surface area contributed by atoms with Gasteiger partial charge in [0.2, 0.25) is 5.90 Å². The molecule has 0 radical (unpaired) electrons. The number of hydrogen-bond acceptors (Lipinski definition) is 5. The van der Waals surface area contributed by atoms with Gasteiger partial charge < -0.3 is 24.2 Å². The van der Waals surface area contributed by atoms with Gasteiger partial charge in [0.1, 0.15) is 5.69 Å². The number of hydrogen-bond donors (Lipinski definition) is 1. The second-order valence-electron chi connectivity index (χ2n) is 6.27. The number of nitrogens with zero attached hydrogens (tertiary/aromatic N) is 4. The first kappa shape index (κ1) is 16.2. The number of amides is 1. The van der Waals surface area contributed by atoms with Crippen molar-refractivity contribution >= 4 is 28.9 Å². The van der Waals surface area contributed by atoms with Crippen molar-refractivity contribution < 1.29 is 19.4 Å². The van der Waals surface area contributed by atoms with Gasteiger partial charge in [-0.1, -0.05) is 18.2 Å². The second-order valence-corrected chi connectivity index (χ2v) is 6.27. The van der Waals surface area contributed by atoms with Crippen molar-refractivity contribution in [3.05, 3.63) is 47.9 Å². The van der Waals surface area contributed by atoms with Crippen molar-refractivity contribution in [1.29, 1.82) is 0 Å². The Morgan fingerprint density at radius 1 is 1.23 bits per heavy atom. The molecule has 1 saturated heterocycles. The highest BCUT2D eigenvalue weighted by Gasteiger charge is 2.28.